The molecule has 0 aliphatic carbocycles. The molecule has 1 saturated heterocycles. The maximum Gasteiger partial charge on any atom is 0.240 e. The fourth-order valence-corrected chi connectivity index (χ4v) is 3.08. The van der Waals surface area contributed by atoms with Gasteiger partial charge in [0.25, 0.3) is 0 Å². The van der Waals surface area contributed by atoms with E-state index in [1.807, 2.05) is 0 Å². The summed E-state index contributed by atoms with van der Waals surface area (Å²) in [5.41, 5.74) is 8.20. The molecule has 22 heavy (non-hydrogen) atoms. The largest absolute Gasteiger partial charge is 0.353 e. The van der Waals surface area contributed by atoms with E-state index >= 15 is 0 Å². The smallest absolute Gasteiger partial charge is 0.240 e. The zero-order valence-electron chi connectivity index (χ0n) is 14.0. The van der Waals surface area contributed by atoms with E-state index in [0.29, 0.717) is 12.5 Å². The van der Waals surface area contributed by atoms with Gasteiger partial charge in [0.2, 0.25) is 5.91 Å². The van der Waals surface area contributed by atoms with Crippen LogP contribution in [0.5, 0.6) is 0 Å². The Morgan fingerprint density at radius 2 is 1.95 bits per heavy atom. The summed E-state index contributed by atoms with van der Waals surface area (Å²) in [7, 11) is 0. The lowest BCUT2D eigenvalue weighted by molar-refractivity contribution is -0.127. The molecule has 0 saturated carbocycles. The van der Waals surface area contributed by atoms with Crippen LogP contribution in [0.4, 0.5) is 0 Å². The SMILES string of the molecule is CCC1(C(=O)NCC(N)c2ccc(C(C)C)cc2)CCCN1. The van der Waals surface area contributed by atoms with Gasteiger partial charge in [-0.2, -0.15) is 0 Å². The van der Waals surface area contributed by atoms with Crippen molar-refractivity contribution in [3.8, 4) is 0 Å². The van der Waals surface area contributed by atoms with Crippen molar-refractivity contribution in [3.63, 3.8) is 0 Å². The molecule has 2 unspecified atom stereocenters. The summed E-state index contributed by atoms with van der Waals surface area (Å²) >= 11 is 0. The van der Waals surface area contributed by atoms with Gasteiger partial charge in [-0.25, -0.2) is 0 Å². The van der Waals surface area contributed by atoms with Crippen molar-refractivity contribution in [2.24, 2.45) is 5.73 Å². The second-order valence-electron chi connectivity index (χ2n) is 6.60. The lowest BCUT2D eigenvalue weighted by Gasteiger charge is -2.27. The highest BCUT2D eigenvalue weighted by atomic mass is 16.2. The van der Waals surface area contributed by atoms with Gasteiger partial charge in [-0.15, -0.1) is 0 Å². The summed E-state index contributed by atoms with van der Waals surface area (Å²) in [4.78, 5) is 12.4. The van der Waals surface area contributed by atoms with Gasteiger partial charge < -0.3 is 16.4 Å². The summed E-state index contributed by atoms with van der Waals surface area (Å²) < 4.78 is 0. The van der Waals surface area contributed by atoms with E-state index in [9.17, 15) is 4.79 Å². The first-order chi connectivity index (χ1) is 10.5. The number of amides is 1. The molecule has 0 bridgehead atoms. The normalized spacial score (nSPS) is 22.8. The van der Waals surface area contributed by atoms with Crippen LogP contribution in [0, 0.1) is 0 Å². The van der Waals surface area contributed by atoms with Crippen LogP contribution in [0.15, 0.2) is 24.3 Å². The monoisotopic (exact) mass is 303 g/mol. The molecular weight excluding hydrogens is 274 g/mol. The molecule has 2 rings (SSSR count). The second kappa shape index (κ2) is 7.25. The maximum atomic E-state index is 12.4. The van der Waals surface area contributed by atoms with Crippen molar-refractivity contribution in [1.82, 2.24) is 10.6 Å². The fourth-order valence-electron chi connectivity index (χ4n) is 3.08. The number of hydrogen-bond donors (Lipinski definition) is 3. The third-order valence-electron chi connectivity index (χ3n) is 4.80. The molecule has 1 aromatic rings. The highest BCUT2D eigenvalue weighted by Crippen LogP contribution is 2.23. The molecule has 2 atom stereocenters. The first-order valence-electron chi connectivity index (χ1n) is 8.37. The van der Waals surface area contributed by atoms with Crippen molar-refractivity contribution >= 4 is 5.91 Å². The van der Waals surface area contributed by atoms with Gasteiger partial charge in [0, 0.05) is 12.6 Å². The molecule has 0 radical (unpaired) electrons. The van der Waals surface area contributed by atoms with E-state index < -0.39 is 0 Å². The Morgan fingerprint density at radius 1 is 1.32 bits per heavy atom. The highest BCUT2D eigenvalue weighted by Gasteiger charge is 2.38. The van der Waals surface area contributed by atoms with E-state index in [4.69, 9.17) is 5.73 Å². The minimum atomic E-state index is -0.388. The summed E-state index contributed by atoms with van der Waals surface area (Å²) in [5.74, 6) is 0.601. The quantitative estimate of drug-likeness (QED) is 0.756. The van der Waals surface area contributed by atoms with Crippen LogP contribution < -0.4 is 16.4 Å². The Labute approximate surface area is 133 Å². The molecule has 1 aliphatic rings. The van der Waals surface area contributed by atoms with Gasteiger partial charge in [-0.05, 0) is 42.9 Å². The maximum absolute atomic E-state index is 12.4. The molecule has 0 aromatic heterocycles. The van der Waals surface area contributed by atoms with Crippen molar-refractivity contribution in [2.45, 2.75) is 57.5 Å². The third kappa shape index (κ3) is 3.68. The van der Waals surface area contributed by atoms with Crippen molar-refractivity contribution < 1.29 is 4.79 Å². The van der Waals surface area contributed by atoms with Crippen LogP contribution in [0.25, 0.3) is 0 Å². The average Bonchev–Trinajstić information content (AvgIpc) is 3.02. The van der Waals surface area contributed by atoms with Gasteiger partial charge in [0.05, 0.1) is 5.54 Å². The number of carbonyl (C=O) groups is 1. The fraction of sp³-hybridized carbons (Fsp3) is 0.611. The molecule has 1 amide bonds. The summed E-state index contributed by atoms with van der Waals surface area (Å²) in [6, 6.07) is 8.20. The molecule has 1 fully saturated rings. The number of carbonyl (C=O) groups excluding carboxylic acids is 1. The zero-order valence-corrected chi connectivity index (χ0v) is 14.0. The van der Waals surface area contributed by atoms with Crippen molar-refractivity contribution in [3.05, 3.63) is 35.4 Å². The highest BCUT2D eigenvalue weighted by molar-refractivity contribution is 5.86. The molecule has 1 aromatic carbocycles. The van der Waals surface area contributed by atoms with Crippen LogP contribution in [0.2, 0.25) is 0 Å². The van der Waals surface area contributed by atoms with Gasteiger partial charge in [0.1, 0.15) is 0 Å². The first kappa shape index (κ1) is 17.0. The Hall–Kier alpha value is -1.39. The molecule has 122 valence electrons. The van der Waals surface area contributed by atoms with E-state index in [1.54, 1.807) is 0 Å². The minimum Gasteiger partial charge on any atom is -0.353 e. The molecule has 0 spiro atoms. The van der Waals surface area contributed by atoms with E-state index in [0.717, 1.165) is 31.4 Å². The van der Waals surface area contributed by atoms with Crippen LogP contribution in [0.1, 0.15) is 63.1 Å². The predicted molar refractivity (Wildman–Crippen MR) is 90.7 cm³/mol. The van der Waals surface area contributed by atoms with Crippen LogP contribution in [0.3, 0.4) is 0 Å². The number of hydrogen-bond acceptors (Lipinski definition) is 3. The second-order valence-corrected chi connectivity index (χ2v) is 6.60. The summed E-state index contributed by atoms with van der Waals surface area (Å²) in [6.45, 7) is 7.80. The number of nitrogens with one attached hydrogen (secondary N) is 2. The lowest BCUT2D eigenvalue weighted by Crippen LogP contribution is -2.54. The van der Waals surface area contributed by atoms with Gasteiger partial charge in [-0.1, -0.05) is 45.0 Å². The number of nitrogens with two attached hydrogens (primary N) is 1. The molecule has 4 nitrogen and oxygen atoms in total. The lowest BCUT2D eigenvalue weighted by atomic mass is 9.93. The topological polar surface area (TPSA) is 67.2 Å². The zero-order chi connectivity index (χ0) is 16.2. The molecule has 1 heterocycles. The molecule has 4 heteroatoms. The number of rotatable bonds is 6. The Kier molecular flexibility index (Phi) is 5.59. The molecule has 1 aliphatic heterocycles. The summed E-state index contributed by atoms with van der Waals surface area (Å²) in [5, 5.41) is 6.38. The van der Waals surface area contributed by atoms with Crippen molar-refractivity contribution in [1.29, 1.82) is 0 Å². The predicted octanol–water partition coefficient (Wildman–Crippen LogP) is 2.46. The Bertz CT molecular complexity index is 490. The van der Waals surface area contributed by atoms with Crippen LogP contribution >= 0.6 is 0 Å². The standard InChI is InChI=1S/C18H29N3O/c1-4-18(10-5-11-21-18)17(22)20-12-16(19)15-8-6-14(7-9-15)13(2)3/h6-9,13,16,21H,4-5,10-12,19H2,1-3H3,(H,20,22). The average molecular weight is 303 g/mol. The van der Waals surface area contributed by atoms with Crippen molar-refractivity contribution in [2.75, 3.05) is 13.1 Å². The summed E-state index contributed by atoms with van der Waals surface area (Å²) in [6.07, 6.45) is 2.79. The molecular formula is C18H29N3O. The molecule has 4 N–H and O–H groups in total. The Balaban J connectivity index is 1.91. The van der Waals surface area contributed by atoms with Gasteiger partial charge >= 0.3 is 0 Å². The van der Waals surface area contributed by atoms with E-state index in [1.165, 1.54) is 5.56 Å². The third-order valence-corrected chi connectivity index (χ3v) is 4.80. The van der Waals surface area contributed by atoms with Gasteiger partial charge in [-0.3, -0.25) is 4.79 Å². The number of benzene rings is 1. The van der Waals surface area contributed by atoms with E-state index in [2.05, 4.69) is 55.7 Å². The minimum absolute atomic E-state index is 0.0850. The first-order valence-corrected chi connectivity index (χ1v) is 8.37. The van der Waals surface area contributed by atoms with Crippen LogP contribution in [-0.4, -0.2) is 24.5 Å². The van der Waals surface area contributed by atoms with Crippen LogP contribution in [-0.2, 0) is 4.79 Å². The van der Waals surface area contributed by atoms with E-state index in [-0.39, 0.29) is 17.5 Å². The Morgan fingerprint density at radius 3 is 2.45 bits per heavy atom. The van der Waals surface area contributed by atoms with Gasteiger partial charge in [0.15, 0.2) is 0 Å².